The van der Waals surface area contributed by atoms with Crippen molar-refractivity contribution in [2.75, 3.05) is 0 Å². The molecule has 6 aromatic rings. The average Bonchev–Trinajstić information content (AvgIpc) is 2.88. The summed E-state index contributed by atoms with van der Waals surface area (Å²) in [7, 11) is 0. The van der Waals surface area contributed by atoms with Gasteiger partial charge < -0.3 is 0 Å². The molecule has 3 heterocycles. The van der Waals surface area contributed by atoms with E-state index >= 15 is 0 Å². The quantitative estimate of drug-likeness (QED) is 0.275. The third-order valence-corrected chi connectivity index (χ3v) is 5.98. The minimum Gasteiger partial charge on any atom is -0.256 e. The van der Waals surface area contributed by atoms with E-state index in [1.54, 1.807) is 12.4 Å². The summed E-state index contributed by atoms with van der Waals surface area (Å²) < 4.78 is 0.965. The van der Waals surface area contributed by atoms with Crippen LogP contribution in [-0.4, -0.2) is 24.9 Å². The lowest BCUT2D eigenvalue weighted by molar-refractivity contribution is 1.08. The van der Waals surface area contributed by atoms with Gasteiger partial charge in [-0.1, -0.05) is 64.5 Å². The second kappa shape index (κ2) is 8.15. The van der Waals surface area contributed by atoms with Gasteiger partial charge in [0.05, 0.1) is 11.0 Å². The predicted molar refractivity (Wildman–Crippen MR) is 134 cm³/mol. The number of hydrogen-bond acceptors (Lipinski definition) is 5. The molecule has 0 spiro atoms. The molecule has 156 valence electrons. The van der Waals surface area contributed by atoms with Crippen molar-refractivity contribution in [3.8, 4) is 34.2 Å². The van der Waals surface area contributed by atoms with Crippen molar-refractivity contribution in [1.82, 2.24) is 24.9 Å². The standard InChI is InChI=1S/C27H16BrN5/c28-18-7-1-6-17(16-18)25-31-26(21-8-2-12-23-19(21)10-4-14-29-23)33-27(32-25)22-9-3-13-24-20(22)11-5-15-30-24/h1-16H. The Balaban J connectivity index is 1.66. The Morgan fingerprint density at radius 3 is 1.64 bits per heavy atom. The zero-order chi connectivity index (χ0) is 22.2. The molecule has 0 aliphatic carbocycles. The molecule has 0 aliphatic rings. The summed E-state index contributed by atoms with van der Waals surface area (Å²) >= 11 is 3.56. The Morgan fingerprint density at radius 1 is 0.515 bits per heavy atom. The molecule has 0 bridgehead atoms. The van der Waals surface area contributed by atoms with Crippen LogP contribution >= 0.6 is 15.9 Å². The SMILES string of the molecule is Brc1cccc(-c2nc(-c3cccc4ncccc34)nc(-c3cccc4ncccc34)n2)c1. The minimum atomic E-state index is 0.606. The smallest absolute Gasteiger partial charge is 0.164 e. The van der Waals surface area contributed by atoms with Crippen LogP contribution in [0.15, 0.2) is 102 Å². The number of aromatic nitrogens is 5. The van der Waals surface area contributed by atoms with Gasteiger partial charge in [0.15, 0.2) is 17.5 Å². The fourth-order valence-corrected chi connectivity index (χ4v) is 4.37. The first-order valence-electron chi connectivity index (χ1n) is 10.5. The summed E-state index contributed by atoms with van der Waals surface area (Å²) in [6.45, 7) is 0. The van der Waals surface area contributed by atoms with Crippen LogP contribution in [0.3, 0.4) is 0 Å². The van der Waals surface area contributed by atoms with E-state index in [-0.39, 0.29) is 0 Å². The normalized spacial score (nSPS) is 11.2. The minimum absolute atomic E-state index is 0.606. The molecule has 5 nitrogen and oxygen atoms in total. The van der Waals surface area contributed by atoms with Gasteiger partial charge in [-0.15, -0.1) is 0 Å². The largest absolute Gasteiger partial charge is 0.256 e. The van der Waals surface area contributed by atoms with E-state index in [1.807, 2.05) is 84.9 Å². The molecule has 3 aromatic heterocycles. The zero-order valence-corrected chi connectivity index (χ0v) is 18.9. The molecule has 0 saturated heterocycles. The molecule has 3 aromatic carbocycles. The first-order chi connectivity index (χ1) is 16.3. The molecule has 6 rings (SSSR count). The van der Waals surface area contributed by atoms with Gasteiger partial charge in [-0.05, 0) is 36.4 Å². The Labute approximate surface area is 198 Å². The Bertz CT molecular complexity index is 1540. The lowest BCUT2D eigenvalue weighted by atomic mass is 10.1. The van der Waals surface area contributed by atoms with Gasteiger partial charge in [0.1, 0.15) is 0 Å². The fourth-order valence-electron chi connectivity index (χ4n) is 3.97. The molecule has 0 fully saturated rings. The molecule has 0 amide bonds. The number of nitrogens with zero attached hydrogens (tertiary/aromatic N) is 5. The fraction of sp³-hybridized carbons (Fsp3) is 0. The maximum Gasteiger partial charge on any atom is 0.164 e. The highest BCUT2D eigenvalue weighted by molar-refractivity contribution is 9.10. The number of rotatable bonds is 3. The van der Waals surface area contributed by atoms with Gasteiger partial charge in [0.2, 0.25) is 0 Å². The highest BCUT2D eigenvalue weighted by atomic mass is 79.9. The molecular weight excluding hydrogens is 474 g/mol. The van der Waals surface area contributed by atoms with E-state index in [2.05, 4.69) is 25.9 Å². The number of fused-ring (bicyclic) bond motifs is 2. The van der Waals surface area contributed by atoms with Gasteiger partial charge in [0, 0.05) is 44.3 Å². The lowest BCUT2D eigenvalue weighted by Crippen LogP contribution is -2.01. The highest BCUT2D eigenvalue weighted by Crippen LogP contribution is 2.31. The van der Waals surface area contributed by atoms with E-state index in [9.17, 15) is 0 Å². The number of hydrogen-bond donors (Lipinski definition) is 0. The summed E-state index contributed by atoms with van der Waals surface area (Å²) in [5.74, 6) is 1.82. The van der Waals surface area contributed by atoms with Gasteiger partial charge in [-0.25, -0.2) is 15.0 Å². The van der Waals surface area contributed by atoms with Crippen LogP contribution in [0.4, 0.5) is 0 Å². The highest BCUT2D eigenvalue weighted by Gasteiger charge is 2.16. The second-order valence-corrected chi connectivity index (χ2v) is 8.48. The van der Waals surface area contributed by atoms with Gasteiger partial charge in [-0.2, -0.15) is 0 Å². The first-order valence-corrected chi connectivity index (χ1v) is 11.3. The summed E-state index contributed by atoms with van der Waals surface area (Å²) in [6.07, 6.45) is 3.59. The number of halogens is 1. The van der Waals surface area contributed by atoms with Gasteiger partial charge in [0.25, 0.3) is 0 Å². The van der Waals surface area contributed by atoms with Crippen LogP contribution in [-0.2, 0) is 0 Å². The molecule has 0 unspecified atom stereocenters. The third kappa shape index (κ3) is 3.64. The second-order valence-electron chi connectivity index (χ2n) is 7.57. The molecule has 0 N–H and O–H groups in total. The summed E-state index contributed by atoms with van der Waals surface area (Å²) in [4.78, 5) is 23.7. The van der Waals surface area contributed by atoms with Crippen molar-refractivity contribution in [3.05, 3.63) is 102 Å². The van der Waals surface area contributed by atoms with E-state index in [0.717, 1.165) is 43.0 Å². The maximum absolute atomic E-state index is 4.93. The number of pyridine rings is 2. The molecule has 6 heteroatoms. The van der Waals surface area contributed by atoms with Gasteiger partial charge in [-0.3, -0.25) is 9.97 Å². The Morgan fingerprint density at radius 2 is 1.06 bits per heavy atom. The monoisotopic (exact) mass is 489 g/mol. The van der Waals surface area contributed by atoms with Crippen molar-refractivity contribution in [3.63, 3.8) is 0 Å². The molecule has 0 saturated carbocycles. The van der Waals surface area contributed by atoms with Crippen LogP contribution in [0, 0.1) is 0 Å². The summed E-state index contributed by atoms with van der Waals surface area (Å²) in [5.41, 5.74) is 4.54. The third-order valence-electron chi connectivity index (χ3n) is 5.49. The van der Waals surface area contributed by atoms with E-state index in [0.29, 0.717) is 17.5 Å². The van der Waals surface area contributed by atoms with E-state index < -0.39 is 0 Å². The van der Waals surface area contributed by atoms with Crippen molar-refractivity contribution >= 4 is 37.7 Å². The topological polar surface area (TPSA) is 64.5 Å². The molecule has 0 radical (unpaired) electrons. The van der Waals surface area contributed by atoms with Crippen LogP contribution in [0.25, 0.3) is 56.0 Å². The summed E-state index contributed by atoms with van der Waals surface area (Å²) in [5, 5.41) is 1.99. The molecule has 0 aliphatic heterocycles. The predicted octanol–water partition coefficient (Wildman–Crippen LogP) is 6.73. The first kappa shape index (κ1) is 19.6. The van der Waals surface area contributed by atoms with Crippen molar-refractivity contribution in [1.29, 1.82) is 0 Å². The van der Waals surface area contributed by atoms with Crippen LogP contribution in [0.2, 0.25) is 0 Å². The average molecular weight is 490 g/mol. The molecule has 0 atom stereocenters. The van der Waals surface area contributed by atoms with Crippen molar-refractivity contribution in [2.24, 2.45) is 0 Å². The van der Waals surface area contributed by atoms with Crippen molar-refractivity contribution < 1.29 is 0 Å². The Hall–Kier alpha value is -4.03. The lowest BCUT2D eigenvalue weighted by Gasteiger charge is -2.11. The van der Waals surface area contributed by atoms with Crippen LogP contribution < -0.4 is 0 Å². The Kier molecular flexibility index (Phi) is 4.85. The van der Waals surface area contributed by atoms with Crippen LogP contribution in [0.1, 0.15) is 0 Å². The van der Waals surface area contributed by atoms with Gasteiger partial charge >= 0.3 is 0 Å². The van der Waals surface area contributed by atoms with E-state index in [1.165, 1.54) is 0 Å². The van der Waals surface area contributed by atoms with Crippen LogP contribution in [0.5, 0.6) is 0 Å². The summed E-state index contributed by atoms with van der Waals surface area (Å²) in [6, 6.07) is 27.9. The molecular formula is C27H16BrN5. The maximum atomic E-state index is 4.93. The van der Waals surface area contributed by atoms with E-state index in [4.69, 9.17) is 15.0 Å². The number of benzene rings is 3. The molecule has 33 heavy (non-hydrogen) atoms. The zero-order valence-electron chi connectivity index (χ0n) is 17.4. The van der Waals surface area contributed by atoms with Crippen molar-refractivity contribution in [2.45, 2.75) is 0 Å².